The maximum Gasteiger partial charge on any atom is 0.245 e. The number of amides is 2. The van der Waals surface area contributed by atoms with Gasteiger partial charge in [0.15, 0.2) is 0 Å². The van der Waals surface area contributed by atoms with E-state index in [0.717, 1.165) is 36.6 Å². The molecule has 1 aromatic heterocycles. The third kappa shape index (κ3) is 3.16. The Bertz CT molecular complexity index is 569. The molecule has 120 valence electrons. The van der Waals surface area contributed by atoms with E-state index >= 15 is 0 Å². The van der Waals surface area contributed by atoms with Gasteiger partial charge >= 0.3 is 0 Å². The van der Waals surface area contributed by atoms with Gasteiger partial charge < -0.3 is 10.2 Å². The molecular weight excluding hydrogens is 298 g/mol. The summed E-state index contributed by atoms with van der Waals surface area (Å²) in [6.45, 7) is 5.83. The summed E-state index contributed by atoms with van der Waals surface area (Å²) in [4.78, 5) is 30.5. The first kappa shape index (κ1) is 15.5. The number of hydrogen-bond donors (Lipinski definition) is 1. The van der Waals surface area contributed by atoms with Gasteiger partial charge in [0.25, 0.3) is 0 Å². The first-order valence-electron chi connectivity index (χ1n) is 8.08. The van der Waals surface area contributed by atoms with Crippen LogP contribution in [0, 0.1) is 0 Å². The lowest BCUT2D eigenvalue weighted by molar-refractivity contribution is -0.135. The highest BCUT2D eigenvalue weighted by Crippen LogP contribution is 2.31. The molecule has 2 aliphatic rings. The average molecular weight is 321 g/mol. The summed E-state index contributed by atoms with van der Waals surface area (Å²) in [6.07, 6.45) is 3.20. The maximum atomic E-state index is 12.5. The topological polar surface area (TPSA) is 62.3 Å². The fourth-order valence-electron chi connectivity index (χ4n) is 3.15. The van der Waals surface area contributed by atoms with Gasteiger partial charge in [0.05, 0.1) is 10.7 Å². The van der Waals surface area contributed by atoms with Crippen molar-refractivity contribution < 1.29 is 9.59 Å². The second kappa shape index (κ2) is 6.36. The van der Waals surface area contributed by atoms with Crippen LogP contribution in [0.3, 0.4) is 0 Å². The number of likely N-dealkylation sites (tertiary alicyclic amines) is 1. The van der Waals surface area contributed by atoms with Crippen LogP contribution in [0.15, 0.2) is 5.38 Å². The second-order valence-corrected chi connectivity index (χ2v) is 7.44. The van der Waals surface area contributed by atoms with Crippen molar-refractivity contribution in [3.8, 4) is 0 Å². The van der Waals surface area contributed by atoms with Crippen molar-refractivity contribution in [3.63, 3.8) is 0 Å². The van der Waals surface area contributed by atoms with E-state index in [1.165, 1.54) is 0 Å². The molecule has 22 heavy (non-hydrogen) atoms. The van der Waals surface area contributed by atoms with Gasteiger partial charge in [-0.25, -0.2) is 4.98 Å². The monoisotopic (exact) mass is 321 g/mol. The first-order chi connectivity index (χ1) is 10.5. The van der Waals surface area contributed by atoms with Crippen LogP contribution >= 0.6 is 11.3 Å². The summed E-state index contributed by atoms with van der Waals surface area (Å²) < 4.78 is 0. The fourth-order valence-corrected chi connectivity index (χ4v) is 4.26. The summed E-state index contributed by atoms with van der Waals surface area (Å²) in [7, 11) is 0. The number of rotatable bonds is 3. The molecule has 0 radical (unpaired) electrons. The van der Waals surface area contributed by atoms with Gasteiger partial charge in [-0.1, -0.05) is 13.8 Å². The van der Waals surface area contributed by atoms with Crippen molar-refractivity contribution >= 4 is 23.2 Å². The Morgan fingerprint density at radius 3 is 2.91 bits per heavy atom. The zero-order valence-corrected chi connectivity index (χ0v) is 14.0. The van der Waals surface area contributed by atoms with Gasteiger partial charge in [0.2, 0.25) is 11.8 Å². The highest BCUT2D eigenvalue weighted by Gasteiger charge is 2.34. The summed E-state index contributed by atoms with van der Waals surface area (Å²) >= 11 is 1.71. The summed E-state index contributed by atoms with van der Waals surface area (Å²) in [6, 6.07) is -0.311. The van der Waals surface area contributed by atoms with E-state index in [2.05, 4.69) is 24.5 Å². The van der Waals surface area contributed by atoms with Crippen molar-refractivity contribution in [1.29, 1.82) is 0 Å². The quantitative estimate of drug-likeness (QED) is 0.929. The van der Waals surface area contributed by atoms with E-state index in [0.29, 0.717) is 24.7 Å². The molecule has 1 N–H and O–H groups in total. The van der Waals surface area contributed by atoms with E-state index in [9.17, 15) is 9.59 Å². The Morgan fingerprint density at radius 2 is 2.27 bits per heavy atom. The van der Waals surface area contributed by atoms with Crippen LogP contribution < -0.4 is 5.32 Å². The number of piperidine rings is 1. The molecule has 2 fully saturated rings. The molecule has 0 saturated carbocycles. The van der Waals surface area contributed by atoms with Crippen molar-refractivity contribution in [2.75, 3.05) is 13.1 Å². The number of aromatic nitrogens is 1. The van der Waals surface area contributed by atoms with Crippen LogP contribution in [0.4, 0.5) is 0 Å². The van der Waals surface area contributed by atoms with Crippen molar-refractivity contribution in [2.45, 2.75) is 57.4 Å². The molecule has 0 bridgehead atoms. The Kier molecular flexibility index (Phi) is 4.47. The Morgan fingerprint density at radius 1 is 1.45 bits per heavy atom. The molecule has 0 spiro atoms. The van der Waals surface area contributed by atoms with Gasteiger partial charge in [-0.3, -0.25) is 9.59 Å². The summed E-state index contributed by atoms with van der Waals surface area (Å²) in [5.41, 5.74) is 1.14. The molecule has 2 amide bonds. The van der Waals surface area contributed by atoms with E-state index < -0.39 is 0 Å². The minimum Gasteiger partial charge on any atom is -0.344 e. The Balaban J connectivity index is 1.65. The standard InChI is InChI=1S/C16H23N3O2S/c1-10(2)13-9-22-15(18-13)11-4-3-7-19(8-11)16(21)12-5-6-14(20)17-12/h9-12H,3-8H2,1-2H3,(H,17,20)/t11-,12-/m1/s1. The smallest absolute Gasteiger partial charge is 0.245 e. The SMILES string of the molecule is CC(C)c1csc([C@@H]2CCCN(C(=O)[C@H]3CCC(=O)N3)C2)n1. The molecule has 1 aromatic rings. The number of hydrogen-bond acceptors (Lipinski definition) is 4. The van der Waals surface area contributed by atoms with Gasteiger partial charge in [-0.15, -0.1) is 11.3 Å². The lowest BCUT2D eigenvalue weighted by atomic mass is 9.97. The lowest BCUT2D eigenvalue weighted by Gasteiger charge is -2.33. The van der Waals surface area contributed by atoms with Gasteiger partial charge in [0, 0.05) is 30.8 Å². The molecule has 3 rings (SSSR count). The van der Waals surface area contributed by atoms with Crippen molar-refractivity contribution in [1.82, 2.24) is 15.2 Å². The lowest BCUT2D eigenvalue weighted by Crippen LogP contribution is -2.48. The molecule has 6 heteroatoms. The molecule has 5 nitrogen and oxygen atoms in total. The summed E-state index contributed by atoms with van der Waals surface area (Å²) in [5, 5.41) is 6.07. The third-order valence-electron chi connectivity index (χ3n) is 4.51. The van der Waals surface area contributed by atoms with Crippen LogP contribution in [0.25, 0.3) is 0 Å². The molecule has 0 aromatic carbocycles. The third-order valence-corrected chi connectivity index (χ3v) is 5.53. The van der Waals surface area contributed by atoms with E-state index in [-0.39, 0.29) is 17.9 Å². The normalized spacial score (nSPS) is 25.6. The zero-order chi connectivity index (χ0) is 15.7. The van der Waals surface area contributed by atoms with Gasteiger partial charge in [0.1, 0.15) is 6.04 Å². The zero-order valence-electron chi connectivity index (χ0n) is 13.2. The van der Waals surface area contributed by atoms with Gasteiger partial charge in [-0.05, 0) is 25.2 Å². The van der Waals surface area contributed by atoms with E-state index in [1.807, 2.05) is 4.90 Å². The summed E-state index contributed by atoms with van der Waals surface area (Å²) in [5.74, 6) is 0.858. The number of thiazole rings is 1. The van der Waals surface area contributed by atoms with Crippen LogP contribution in [0.2, 0.25) is 0 Å². The Labute approximate surface area is 135 Å². The van der Waals surface area contributed by atoms with Gasteiger partial charge in [-0.2, -0.15) is 0 Å². The van der Waals surface area contributed by atoms with Crippen LogP contribution in [-0.4, -0.2) is 40.8 Å². The maximum absolute atomic E-state index is 12.5. The number of carbonyl (C=O) groups excluding carboxylic acids is 2. The molecule has 2 atom stereocenters. The molecular formula is C16H23N3O2S. The highest BCUT2D eigenvalue weighted by molar-refractivity contribution is 7.09. The molecule has 0 unspecified atom stereocenters. The predicted molar refractivity (Wildman–Crippen MR) is 85.9 cm³/mol. The van der Waals surface area contributed by atoms with Crippen molar-refractivity contribution in [2.24, 2.45) is 0 Å². The van der Waals surface area contributed by atoms with E-state index in [1.54, 1.807) is 11.3 Å². The minimum atomic E-state index is -0.311. The molecule has 2 saturated heterocycles. The first-order valence-corrected chi connectivity index (χ1v) is 8.96. The van der Waals surface area contributed by atoms with Crippen LogP contribution in [0.5, 0.6) is 0 Å². The Hall–Kier alpha value is -1.43. The predicted octanol–water partition coefficient (Wildman–Crippen LogP) is 2.25. The molecule has 2 aliphatic heterocycles. The number of nitrogens with one attached hydrogen (secondary N) is 1. The highest BCUT2D eigenvalue weighted by atomic mass is 32.1. The number of carbonyl (C=O) groups is 2. The minimum absolute atomic E-state index is 0.00610. The van der Waals surface area contributed by atoms with Crippen LogP contribution in [0.1, 0.15) is 62.1 Å². The second-order valence-electron chi connectivity index (χ2n) is 6.55. The molecule has 3 heterocycles. The molecule has 0 aliphatic carbocycles. The largest absolute Gasteiger partial charge is 0.344 e. The fraction of sp³-hybridized carbons (Fsp3) is 0.688. The number of nitrogens with zero attached hydrogens (tertiary/aromatic N) is 2. The van der Waals surface area contributed by atoms with Crippen LogP contribution in [-0.2, 0) is 9.59 Å². The van der Waals surface area contributed by atoms with E-state index in [4.69, 9.17) is 4.98 Å². The van der Waals surface area contributed by atoms with Crippen molar-refractivity contribution in [3.05, 3.63) is 16.1 Å². The average Bonchev–Trinajstić information content (AvgIpc) is 3.15.